The first-order valence-electron chi connectivity index (χ1n) is 5.74. The van der Waals surface area contributed by atoms with Crippen molar-refractivity contribution in [2.75, 3.05) is 0 Å². The first kappa shape index (κ1) is 13.0. The number of hydrogen-bond acceptors (Lipinski definition) is 5. The van der Waals surface area contributed by atoms with E-state index >= 15 is 0 Å². The van der Waals surface area contributed by atoms with E-state index in [1.165, 1.54) is 10.9 Å². The van der Waals surface area contributed by atoms with Crippen molar-refractivity contribution in [3.63, 3.8) is 0 Å². The van der Waals surface area contributed by atoms with Gasteiger partial charge in [-0.05, 0) is 19.1 Å². The molecule has 2 rings (SSSR count). The fourth-order valence-corrected chi connectivity index (χ4v) is 1.37. The van der Waals surface area contributed by atoms with Crippen LogP contribution in [-0.4, -0.2) is 26.0 Å². The minimum atomic E-state index is -0.711. The molecule has 2 aromatic rings. The van der Waals surface area contributed by atoms with Crippen molar-refractivity contribution in [1.82, 2.24) is 20.5 Å². The van der Waals surface area contributed by atoms with E-state index in [1.54, 1.807) is 31.2 Å². The third-order valence-electron chi connectivity index (χ3n) is 2.32. The van der Waals surface area contributed by atoms with Gasteiger partial charge in [0.15, 0.2) is 5.75 Å². The number of para-hydroxylation sites is 1. The van der Waals surface area contributed by atoms with E-state index in [2.05, 4.69) is 15.8 Å². The third-order valence-corrected chi connectivity index (χ3v) is 2.32. The molecule has 19 heavy (non-hydrogen) atoms. The summed E-state index contributed by atoms with van der Waals surface area (Å²) in [7, 11) is 0. The number of aliphatic hydroxyl groups excluding tert-OH is 1. The largest absolute Gasteiger partial charge is 0.387 e. The zero-order valence-electron chi connectivity index (χ0n) is 10.4. The van der Waals surface area contributed by atoms with E-state index < -0.39 is 6.10 Å². The van der Waals surface area contributed by atoms with Gasteiger partial charge in [-0.3, -0.25) is 4.79 Å². The summed E-state index contributed by atoms with van der Waals surface area (Å²) in [4.78, 5) is 16.7. The van der Waals surface area contributed by atoms with Crippen LogP contribution in [-0.2, 0) is 11.3 Å². The van der Waals surface area contributed by atoms with Crippen LogP contribution in [0, 0.1) is 0 Å². The van der Waals surface area contributed by atoms with Crippen LogP contribution in [0.1, 0.15) is 18.7 Å². The van der Waals surface area contributed by atoms with Gasteiger partial charge in [0.25, 0.3) is 5.91 Å². The van der Waals surface area contributed by atoms with Gasteiger partial charge in [0.2, 0.25) is 0 Å². The summed E-state index contributed by atoms with van der Waals surface area (Å²) >= 11 is 0. The van der Waals surface area contributed by atoms with Crippen molar-refractivity contribution in [3.05, 3.63) is 42.2 Å². The van der Waals surface area contributed by atoms with E-state index in [0.29, 0.717) is 11.4 Å². The number of benzene rings is 1. The molecule has 0 aliphatic carbocycles. The number of aromatic nitrogens is 3. The third kappa shape index (κ3) is 3.78. The lowest BCUT2D eigenvalue weighted by molar-refractivity contribution is -0.128. The highest BCUT2D eigenvalue weighted by molar-refractivity contribution is 5.74. The molecule has 0 spiro atoms. The standard InChI is InChI=1S/C12H14N4O3/c1-9(17)11-7-16(15-13-11)8-12(18)14-19-10-5-3-2-4-6-10/h2-7,9,17H,8H2,1H3,(H,14,18). The molecule has 100 valence electrons. The summed E-state index contributed by atoms with van der Waals surface area (Å²) in [5.74, 6) is 0.171. The fraction of sp³-hybridized carbons (Fsp3) is 0.250. The van der Waals surface area contributed by atoms with E-state index in [0.717, 1.165) is 0 Å². The molecule has 1 atom stereocenters. The lowest BCUT2D eigenvalue weighted by Crippen LogP contribution is -2.30. The van der Waals surface area contributed by atoms with Gasteiger partial charge >= 0.3 is 0 Å². The van der Waals surface area contributed by atoms with Crippen molar-refractivity contribution in [1.29, 1.82) is 0 Å². The molecular weight excluding hydrogens is 248 g/mol. The molecule has 0 bridgehead atoms. The average Bonchev–Trinajstić information content (AvgIpc) is 2.86. The number of nitrogens with zero attached hydrogens (tertiary/aromatic N) is 3. The zero-order chi connectivity index (χ0) is 13.7. The van der Waals surface area contributed by atoms with E-state index in [1.807, 2.05) is 6.07 Å². The predicted octanol–water partition coefficient (Wildman–Crippen LogP) is 0.442. The molecule has 0 fully saturated rings. The molecule has 0 saturated heterocycles. The molecule has 1 aromatic carbocycles. The molecule has 7 nitrogen and oxygen atoms in total. The number of hydrogen-bond donors (Lipinski definition) is 2. The highest BCUT2D eigenvalue weighted by Crippen LogP contribution is 2.07. The molecule has 7 heteroatoms. The van der Waals surface area contributed by atoms with Crippen LogP contribution < -0.4 is 10.3 Å². The minimum absolute atomic E-state index is 0.0352. The van der Waals surface area contributed by atoms with Crippen molar-refractivity contribution in [3.8, 4) is 5.75 Å². The second kappa shape index (κ2) is 5.96. The van der Waals surface area contributed by atoms with Gasteiger partial charge in [-0.2, -0.15) is 5.48 Å². The normalized spacial score (nSPS) is 11.9. The molecular formula is C12H14N4O3. The van der Waals surface area contributed by atoms with Crippen LogP contribution >= 0.6 is 0 Å². The van der Waals surface area contributed by atoms with Crippen molar-refractivity contribution >= 4 is 5.91 Å². The van der Waals surface area contributed by atoms with Crippen molar-refractivity contribution in [2.45, 2.75) is 19.6 Å². The SMILES string of the molecule is CC(O)c1cn(CC(=O)NOc2ccccc2)nn1. The first-order chi connectivity index (χ1) is 9.15. The van der Waals surface area contributed by atoms with Crippen LogP contribution in [0.3, 0.4) is 0 Å². The maximum absolute atomic E-state index is 11.6. The maximum atomic E-state index is 11.6. The number of carbonyl (C=O) groups is 1. The summed E-state index contributed by atoms with van der Waals surface area (Å²) in [5, 5.41) is 16.7. The van der Waals surface area contributed by atoms with E-state index in [-0.39, 0.29) is 12.5 Å². The Bertz CT molecular complexity index is 539. The number of amides is 1. The van der Waals surface area contributed by atoms with Crippen molar-refractivity contribution < 1.29 is 14.7 Å². The van der Waals surface area contributed by atoms with Gasteiger partial charge in [0, 0.05) is 0 Å². The predicted molar refractivity (Wildman–Crippen MR) is 65.9 cm³/mol. The van der Waals surface area contributed by atoms with Gasteiger partial charge in [-0.25, -0.2) is 4.68 Å². The summed E-state index contributed by atoms with van der Waals surface area (Å²) in [6, 6.07) is 8.89. The summed E-state index contributed by atoms with van der Waals surface area (Å²) in [6.07, 6.45) is 0.796. The molecule has 0 radical (unpaired) electrons. The van der Waals surface area contributed by atoms with Crippen LogP contribution in [0.25, 0.3) is 0 Å². The van der Waals surface area contributed by atoms with Gasteiger partial charge < -0.3 is 9.94 Å². The van der Waals surface area contributed by atoms with Crippen LogP contribution in [0.4, 0.5) is 0 Å². The number of nitrogens with one attached hydrogen (secondary N) is 1. The van der Waals surface area contributed by atoms with Crippen LogP contribution in [0.2, 0.25) is 0 Å². The molecule has 1 amide bonds. The minimum Gasteiger partial charge on any atom is -0.387 e. The van der Waals surface area contributed by atoms with Gasteiger partial charge in [-0.15, -0.1) is 5.10 Å². The highest BCUT2D eigenvalue weighted by Gasteiger charge is 2.09. The Labute approximate surface area is 109 Å². The maximum Gasteiger partial charge on any atom is 0.274 e. The highest BCUT2D eigenvalue weighted by atomic mass is 16.7. The first-order valence-corrected chi connectivity index (χ1v) is 5.74. The second-order valence-corrected chi connectivity index (χ2v) is 3.96. The number of hydroxylamine groups is 1. The lowest BCUT2D eigenvalue weighted by Gasteiger charge is -2.06. The van der Waals surface area contributed by atoms with E-state index in [9.17, 15) is 9.90 Å². The lowest BCUT2D eigenvalue weighted by atomic mass is 10.3. The quantitative estimate of drug-likeness (QED) is 0.763. The summed E-state index contributed by atoms with van der Waals surface area (Å²) in [6.45, 7) is 1.54. The Morgan fingerprint density at radius 2 is 2.21 bits per heavy atom. The van der Waals surface area contributed by atoms with Gasteiger partial charge in [0.05, 0.1) is 12.3 Å². The molecule has 2 N–H and O–H groups in total. The zero-order valence-corrected chi connectivity index (χ0v) is 10.4. The smallest absolute Gasteiger partial charge is 0.274 e. The summed E-state index contributed by atoms with van der Waals surface area (Å²) < 4.78 is 1.33. The molecule has 1 aromatic heterocycles. The fourth-order valence-electron chi connectivity index (χ4n) is 1.37. The molecule has 0 aliphatic rings. The Morgan fingerprint density at radius 1 is 1.47 bits per heavy atom. The number of aliphatic hydroxyl groups is 1. The molecule has 0 saturated carbocycles. The molecule has 1 unspecified atom stereocenters. The Morgan fingerprint density at radius 3 is 2.84 bits per heavy atom. The summed E-state index contributed by atoms with van der Waals surface area (Å²) in [5.41, 5.74) is 2.71. The van der Waals surface area contributed by atoms with Crippen LogP contribution in [0.5, 0.6) is 5.75 Å². The second-order valence-electron chi connectivity index (χ2n) is 3.96. The van der Waals surface area contributed by atoms with Gasteiger partial charge in [0.1, 0.15) is 12.2 Å². The topological polar surface area (TPSA) is 89.3 Å². The monoisotopic (exact) mass is 262 g/mol. The van der Waals surface area contributed by atoms with Gasteiger partial charge in [-0.1, -0.05) is 23.4 Å². The Balaban J connectivity index is 1.84. The molecule has 0 aliphatic heterocycles. The molecule has 1 heterocycles. The Hall–Kier alpha value is -2.41. The van der Waals surface area contributed by atoms with E-state index in [4.69, 9.17) is 4.84 Å². The van der Waals surface area contributed by atoms with Crippen LogP contribution in [0.15, 0.2) is 36.5 Å². The Kier molecular flexibility index (Phi) is 4.09. The number of rotatable bonds is 5. The number of carbonyl (C=O) groups excluding carboxylic acids is 1. The average molecular weight is 262 g/mol. The van der Waals surface area contributed by atoms with Crippen molar-refractivity contribution in [2.24, 2.45) is 0 Å².